The molecule has 1 heterocycles. The monoisotopic (exact) mass is 339 g/mol. The Hall–Kier alpha value is -1.94. The Morgan fingerprint density at radius 2 is 1.86 bits per heavy atom. The fourth-order valence-corrected chi connectivity index (χ4v) is 3.40. The molecule has 1 aliphatic rings. The van der Waals surface area contributed by atoms with E-state index in [1.807, 2.05) is 6.07 Å². The van der Waals surface area contributed by atoms with Crippen LogP contribution in [-0.4, -0.2) is 9.97 Å². The molecular formula is C17H14BrN3. The van der Waals surface area contributed by atoms with Crippen LogP contribution in [0.5, 0.6) is 0 Å². The zero-order valence-electron chi connectivity index (χ0n) is 11.4. The van der Waals surface area contributed by atoms with E-state index in [1.54, 1.807) is 12.4 Å². The van der Waals surface area contributed by atoms with Crippen LogP contribution in [0.4, 0.5) is 5.69 Å². The highest BCUT2D eigenvalue weighted by Gasteiger charge is 2.22. The number of halogens is 1. The zero-order valence-corrected chi connectivity index (χ0v) is 13.0. The molecule has 1 unspecified atom stereocenters. The minimum atomic E-state index is 0.377. The Bertz CT molecular complexity index is 816. The van der Waals surface area contributed by atoms with Crippen LogP contribution in [0.3, 0.4) is 0 Å². The summed E-state index contributed by atoms with van der Waals surface area (Å²) in [6, 6.07) is 13.1. The summed E-state index contributed by atoms with van der Waals surface area (Å²) in [5, 5.41) is 3.63. The highest BCUT2D eigenvalue weighted by molar-refractivity contribution is 9.10. The number of nitrogens with zero attached hydrogens (tertiary/aromatic N) is 2. The number of fused-ring (bicyclic) bond motifs is 2. The number of nitrogens with one attached hydrogen (secondary N) is 1. The van der Waals surface area contributed by atoms with Gasteiger partial charge in [0.15, 0.2) is 0 Å². The number of hydrogen-bond donors (Lipinski definition) is 1. The summed E-state index contributed by atoms with van der Waals surface area (Å²) < 4.78 is 1.16. The van der Waals surface area contributed by atoms with Gasteiger partial charge in [-0.25, -0.2) is 0 Å². The molecule has 21 heavy (non-hydrogen) atoms. The van der Waals surface area contributed by atoms with Gasteiger partial charge < -0.3 is 5.32 Å². The first-order valence-electron chi connectivity index (χ1n) is 7.05. The standard InChI is InChI=1S/C17H14BrN3/c18-12-2-4-14-11(9-12)1-5-15(14)21-13-3-6-16-17(10-13)20-8-7-19-16/h2-4,6-10,15,21H,1,5H2. The van der Waals surface area contributed by atoms with Crippen molar-refractivity contribution in [2.75, 3.05) is 5.32 Å². The number of rotatable bonds is 2. The van der Waals surface area contributed by atoms with Gasteiger partial charge in [0.25, 0.3) is 0 Å². The van der Waals surface area contributed by atoms with Crippen molar-refractivity contribution >= 4 is 32.7 Å². The molecule has 4 rings (SSSR count). The van der Waals surface area contributed by atoms with Gasteiger partial charge in [-0.2, -0.15) is 0 Å². The number of aromatic nitrogens is 2. The van der Waals surface area contributed by atoms with Gasteiger partial charge in [-0.15, -0.1) is 0 Å². The summed E-state index contributed by atoms with van der Waals surface area (Å²) in [7, 11) is 0. The van der Waals surface area contributed by atoms with Gasteiger partial charge in [-0.05, 0) is 54.3 Å². The molecular weight excluding hydrogens is 326 g/mol. The average molecular weight is 340 g/mol. The molecule has 4 heteroatoms. The molecule has 0 spiro atoms. The highest BCUT2D eigenvalue weighted by atomic mass is 79.9. The minimum absolute atomic E-state index is 0.377. The second-order valence-corrected chi connectivity index (χ2v) is 6.25. The van der Waals surface area contributed by atoms with E-state index in [2.05, 4.69) is 61.5 Å². The van der Waals surface area contributed by atoms with E-state index in [0.717, 1.165) is 34.0 Å². The van der Waals surface area contributed by atoms with Crippen molar-refractivity contribution < 1.29 is 0 Å². The summed E-state index contributed by atoms with van der Waals surface area (Å²) in [6.07, 6.45) is 5.71. The first kappa shape index (κ1) is 12.8. The van der Waals surface area contributed by atoms with Gasteiger partial charge in [0.05, 0.1) is 17.1 Å². The second kappa shape index (κ2) is 5.11. The molecule has 1 N–H and O–H groups in total. The van der Waals surface area contributed by atoms with Crippen molar-refractivity contribution in [2.24, 2.45) is 0 Å². The zero-order chi connectivity index (χ0) is 14.2. The molecule has 3 aromatic rings. The molecule has 1 aliphatic carbocycles. The topological polar surface area (TPSA) is 37.8 Å². The molecule has 3 nitrogen and oxygen atoms in total. The number of benzene rings is 2. The van der Waals surface area contributed by atoms with Crippen molar-refractivity contribution in [1.29, 1.82) is 0 Å². The van der Waals surface area contributed by atoms with Crippen molar-refractivity contribution in [3.63, 3.8) is 0 Å². The summed E-state index contributed by atoms with van der Waals surface area (Å²) in [6.45, 7) is 0. The van der Waals surface area contributed by atoms with Crippen LogP contribution < -0.4 is 5.32 Å². The largest absolute Gasteiger partial charge is 0.378 e. The van der Waals surface area contributed by atoms with Crippen molar-refractivity contribution in [1.82, 2.24) is 9.97 Å². The van der Waals surface area contributed by atoms with Gasteiger partial charge >= 0.3 is 0 Å². The van der Waals surface area contributed by atoms with Crippen molar-refractivity contribution in [3.8, 4) is 0 Å². The molecule has 0 aliphatic heterocycles. The molecule has 0 fully saturated rings. The summed E-state index contributed by atoms with van der Waals surface area (Å²) >= 11 is 3.54. The Balaban J connectivity index is 1.64. The first-order valence-corrected chi connectivity index (χ1v) is 7.84. The molecule has 1 aromatic heterocycles. The quantitative estimate of drug-likeness (QED) is 0.747. The third kappa shape index (κ3) is 2.40. The maximum Gasteiger partial charge on any atom is 0.0907 e. The second-order valence-electron chi connectivity index (χ2n) is 5.34. The van der Waals surface area contributed by atoms with E-state index in [-0.39, 0.29) is 0 Å². The molecule has 0 amide bonds. The molecule has 0 radical (unpaired) electrons. The maximum absolute atomic E-state index is 4.36. The Morgan fingerprint density at radius 1 is 1.00 bits per heavy atom. The van der Waals surface area contributed by atoms with Gasteiger partial charge in [-0.3, -0.25) is 9.97 Å². The van der Waals surface area contributed by atoms with Gasteiger partial charge in [0.2, 0.25) is 0 Å². The molecule has 2 aromatic carbocycles. The van der Waals surface area contributed by atoms with Crippen LogP contribution in [0.15, 0.2) is 53.3 Å². The van der Waals surface area contributed by atoms with E-state index in [9.17, 15) is 0 Å². The van der Waals surface area contributed by atoms with E-state index < -0.39 is 0 Å². The van der Waals surface area contributed by atoms with Crippen LogP contribution in [-0.2, 0) is 6.42 Å². The lowest BCUT2D eigenvalue weighted by Crippen LogP contribution is -2.07. The summed E-state index contributed by atoms with van der Waals surface area (Å²) in [5.41, 5.74) is 5.79. The van der Waals surface area contributed by atoms with E-state index in [0.29, 0.717) is 6.04 Å². The predicted molar refractivity (Wildman–Crippen MR) is 88.4 cm³/mol. The number of hydrogen-bond acceptors (Lipinski definition) is 3. The normalized spacial score (nSPS) is 16.9. The van der Waals surface area contributed by atoms with Crippen molar-refractivity contribution in [3.05, 3.63) is 64.4 Å². The van der Waals surface area contributed by atoms with Crippen LogP contribution >= 0.6 is 15.9 Å². The molecule has 104 valence electrons. The molecule has 0 saturated heterocycles. The SMILES string of the molecule is Brc1ccc2c(c1)CCC2Nc1ccc2nccnc2c1. The molecule has 0 saturated carbocycles. The highest BCUT2D eigenvalue weighted by Crippen LogP contribution is 2.35. The first-order chi connectivity index (χ1) is 10.3. The fourth-order valence-electron chi connectivity index (χ4n) is 2.99. The van der Waals surface area contributed by atoms with Gasteiger partial charge in [0.1, 0.15) is 0 Å². The van der Waals surface area contributed by atoms with Crippen LogP contribution in [0.1, 0.15) is 23.6 Å². The predicted octanol–water partition coefficient (Wildman–Crippen LogP) is 4.49. The third-order valence-electron chi connectivity index (χ3n) is 3.99. The Morgan fingerprint density at radius 3 is 2.76 bits per heavy atom. The number of aryl methyl sites for hydroxylation is 1. The average Bonchev–Trinajstić information content (AvgIpc) is 2.89. The Kier molecular flexibility index (Phi) is 3.11. The van der Waals surface area contributed by atoms with Gasteiger partial charge in [-0.1, -0.05) is 22.0 Å². The Labute approximate surface area is 131 Å². The van der Waals surface area contributed by atoms with Crippen LogP contribution in [0, 0.1) is 0 Å². The number of anilines is 1. The lowest BCUT2D eigenvalue weighted by atomic mass is 10.1. The maximum atomic E-state index is 4.36. The summed E-state index contributed by atoms with van der Waals surface area (Å²) in [4.78, 5) is 8.67. The molecule has 1 atom stereocenters. The van der Waals surface area contributed by atoms with Gasteiger partial charge in [0, 0.05) is 22.6 Å². The van der Waals surface area contributed by atoms with Crippen LogP contribution in [0.2, 0.25) is 0 Å². The third-order valence-corrected chi connectivity index (χ3v) is 4.49. The van der Waals surface area contributed by atoms with E-state index >= 15 is 0 Å². The van der Waals surface area contributed by atoms with Crippen molar-refractivity contribution in [2.45, 2.75) is 18.9 Å². The van der Waals surface area contributed by atoms with E-state index in [4.69, 9.17) is 0 Å². The fraction of sp³-hybridized carbons (Fsp3) is 0.176. The van der Waals surface area contributed by atoms with E-state index in [1.165, 1.54) is 11.1 Å². The summed E-state index contributed by atoms with van der Waals surface area (Å²) in [5.74, 6) is 0. The lowest BCUT2D eigenvalue weighted by molar-refractivity contribution is 0.762. The smallest absolute Gasteiger partial charge is 0.0907 e. The van der Waals surface area contributed by atoms with Crippen LogP contribution in [0.25, 0.3) is 11.0 Å². The molecule has 0 bridgehead atoms. The lowest BCUT2D eigenvalue weighted by Gasteiger charge is -2.16. The minimum Gasteiger partial charge on any atom is -0.378 e.